The molecule has 0 radical (unpaired) electrons. The van der Waals surface area contributed by atoms with E-state index in [0.717, 1.165) is 6.42 Å². The number of aliphatic hydroxyl groups is 1. The predicted octanol–water partition coefficient (Wildman–Crippen LogP) is 2.60. The second-order valence-electron chi connectivity index (χ2n) is 9.12. The number of carbonyl (C=O) groups excluding carboxylic acids is 1. The summed E-state index contributed by atoms with van der Waals surface area (Å²) in [6.45, 7) is -1.02. The Morgan fingerprint density at radius 1 is 1.26 bits per heavy atom. The van der Waals surface area contributed by atoms with Gasteiger partial charge in [0.15, 0.2) is 21.8 Å². The molecule has 1 aliphatic heterocycles. The molecule has 3 aromatic rings. The Morgan fingerprint density at radius 2 is 1.97 bits per heavy atom. The highest BCUT2D eigenvalue weighted by Crippen LogP contribution is 2.43. The van der Waals surface area contributed by atoms with E-state index < -0.39 is 22.0 Å². The summed E-state index contributed by atoms with van der Waals surface area (Å²) >= 11 is 0. The van der Waals surface area contributed by atoms with E-state index in [4.69, 9.17) is 0 Å². The standard InChI is InChI=1S/C18H15F2N3O3.C5H11NO2S/c19-17(20)26-13-4-1-3-12(8-13)23-16-14(7-11(10-24)9-21-16)15(22-23)18(25)5-2-6-18;1-5(6-2)3-9(7,8)4-5/h1,3-4,7-10,17,25H,2,5-6H2;6H,3-4H2,1-2H3. The molecule has 1 aliphatic carbocycles. The molecule has 2 aromatic heterocycles. The molecular weight excluding hydrogens is 482 g/mol. The van der Waals surface area contributed by atoms with Gasteiger partial charge in [0.05, 0.1) is 17.2 Å². The monoisotopic (exact) mass is 508 g/mol. The lowest BCUT2D eigenvalue weighted by Gasteiger charge is -2.37. The van der Waals surface area contributed by atoms with E-state index in [1.54, 1.807) is 25.2 Å². The van der Waals surface area contributed by atoms with Gasteiger partial charge in [-0.2, -0.15) is 13.9 Å². The van der Waals surface area contributed by atoms with Crippen LogP contribution in [0.3, 0.4) is 0 Å². The van der Waals surface area contributed by atoms with Crippen LogP contribution in [0.15, 0.2) is 36.5 Å². The first kappa shape index (κ1) is 25.1. The highest BCUT2D eigenvalue weighted by Gasteiger charge is 2.43. The zero-order valence-corrected chi connectivity index (χ0v) is 20.1. The number of sulfone groups is 1. The molecule has 0 unspecified atom stereocenters. The summed E-state index contributed by atoms with van der Waals surface area (Å²) in [5.74, 6) is 0.571. The lowest BCUT2D eigenvalue weighted by atomic mass is 9.77. The molecule has 3 heterocycles. The summed E-state index contributed by atoms with van der Waals surface area (Å²) in [5, 5.41) is 18.8. The van der Waals surface area contributed by atoms with Gasteiger partial charge in [-0.1, -0.05) is 6.07 Å². The number of carbonyl (C=O) groups is 1. The van der Waals surface area contributed by atoms with Crippen LogP contribution < -0.4 is 10.1 Å². The van der Waals surface area contributed by atoms with Crippen LogP contribution >= 0.6 is 0 Å². The van der Waals surface area contributed by atoms with Gasteiger partial charge >= 0.3 is 6.61 Å². The first-order valence-electron chi connectivity index (χ1n) is 11.0. The molecule has 35 heavy (non-hydrogen) atoms. The summed E-state index contributed by atoms with van der Waals surface area (Å²) in [4.78, 5) is 15.4. The van der Waals surface area contributed by atoms with Gasteiger partial charge in [-0.25, -0.2) is 18.1 Å². The molecule has 12 heteroatoms. The number of aromatic nitrogens is 3. The Kier molecular flexibility index (Phi) is 6.64. The number of nitrogens with zero attached hydrogens (tertiary/aromatic N) is 3. The fourth-order valence-electron chi connectivity index (χ4n) is 4.22. The maximum atomic E-state index is 12.5. The number of pyridine rings is 1. The van der Waals surface area contributed by atoms with Gasteiger partial charge in [-0.15, -0.1) is 0 Å². The lowest BCUT2D eigenvalue weighted by Crippen LogP contribution is -2.60. The van der Waals surface area contributed by atoms with E-state index in [-0.39, 0.29) is 22.8 Å². The van der Waals surface area contributed by atoms with E-state index >= 15 is 0 Å². The fourth-order valence-corrected chi connectivity index (χ4v) is 6.36. The summed E-state index contributed by atoms with van der Waals surface area (Å²) < 4.78 is 52.1. The summed E-state index contributed by atoms with van der Waals surface area (Å²) in [5.41, 5.74) is 0.503. The Balaban J connectivity index is 0.000000271. The largest absolute Gasteiger partial charge is 0.435 e. The molecule has 0 spiro atoms. The fraction of sp³-hybridized carbons (Fsp3) is 0.435. The first-order valence-corrected chi connectivity index (χ1v) is 12.8. The van der Waals surface area contributed by atoms with Crippen LogP contribution in [0.1, 0.15) is 42.2 Å². The van der Waals surface area contributed by atoms with Crippen LogP contribution in [0.25, 0.3) is 16.7 Å². The number of benzene rings is 1. The number of nitrogens with one attached hydrogen (secondary N) is 1. The smallest absolute Gasteiger partial charge is 0.387 e. The van der Waals surface area contributed by atoms with Gasteiger partial charge in [0.1, 0.15) is 17.0 Å². The molecule has 0 amide bonds. The normalized spacial score (nSPS) is 19.3. The average molecular weight is 509 g/mol. The minimum Gasteiger partial charge on any atom is -0.435 e. The molecule has 2 fully saturated rings. The lowest BCUT2D eigenvalue weighted by molar-refractivity contribution is -0.0498. The third-order valence-corrected chi connectivity index (χ3v) is 8.42. The van der Waals surface area contributed by atoms with Gasteiger partial charge in [0.2, 0.25) is 0 Å². The highest BCUT2D eigenvalue weighted by atomic mass is 32.2. The van der Waals surface area contributed by atoms with Crippen LogP contribution in [-0.2, 0) is 15.4 Å². The zero-order valence-electron chi connectivity index (χ0n) is 19.2. The van der Waals surface area contributed by atoms with E-state index in [0.29, 0.717) is 47.1 Å². The zero-order chi connectivity index (χ0) is 25.4. The Labute approximate surface area is 201 Å². The highest BCUT2D eigenvalue weighted by molar-refractivity contribution is 7.93. The van der Waals surface area contributed by atoms with Gasteiger partial charge in [0, 0.05) is 28.8 Å². The minimum atomic E-state index is -2.93. The van der Waals surface area contributed by atoms with Crippen LogP contribution in [0.2, 0.25) is 0 Å². The molecule has 188 valence electrons. The van der Waals surface area contributed by atoms with Crippen molar-refractivity contribution in [2.24, 2.45) is 0 Å². The van der Waals surface area contributed by atoms with Gasteiger partial charge < -0.3 is 15.2 Å². The third-order valence-electron chi connectivity index (χ3n) is 6.27. The maximum Gasteiger partial charge on any atom is 0.387 e. The number of halogens is 2. The van der Waals surface area contributed by atoms with Gasteiger partial charge in [0.25, 0.3) is 0 Å². The minimum absolute atomic E-state index is 0.00503. The summed E-state index contributed by atoms with van der Waals surface area (Å²) in [6, 6.07) is 7.71. The second kappa shape index (κ2) is 9.25. The van der Waals surface area contributed by atoms with Crippen molar-refractivity contribution in [2.75, 3.05) is 18.6 Å². The van der Waals surface area contributed by atoms with Crippen LogP contribution in [0.4, 0.5) is 8.78 Å². The maximum absolute atomic E-state index is 12.5. The van der Waals surface area contributed by atoms with Crippen molar-refractivity contribution in [2.45, 2.75) is 43.9 Å². The molecule has 2 aliphatic rings. The van der Waals surface area contributed by atoms with Crippen molar-refractivity contribution >= 4 is 27.2 Å². The molecule has 1 aromatic carbocycles. The quantitative estimate of drug-likeness (QED) is 0.487. The molecule has 5 rings (SSSR count). The van der Waals surface area contributed by atoms with Crippen molar-refractivity contribution in [1.82, 2.24) is 20.1 Å². The number of hydrogen-bond acceptors (Lipinski definition) is 8. The molecule has 1 saturated heterocycles. The molecule has 2 N–H and O–H groups in total. The first-order chi connectivity index (χ1) is 16.5. The van der Waals surface area contributed by atoms with E-state index in [1.165, 1.54) is 23.0 Å². The topological polar surface area (TPSA) is 123 Å². The van der Waals surface area contributed by atoms with Crippen molar-refractivity contribution in [3.63, 3.8) is 0 Å². The number of hydrogen-bond donors (Lipinski definition) is 2. The summed E-state index contributed by atoms with van der Waals surface area (Å²) in [7, 11) is -0.877. The molecular formula is C23H26F2N4O5S. The number of ether oxygens (including phenoxy) is 1. The van der Waals surface area contributed by atoms with Crippen molar-refractivity contribution < 1.29 is 31.8 Å². The Morgan fingerprint density at radius 3 is 2.49 bits per heavy atom. The molecule has 0 atom stereocenters. The van der Waals surface area contributed by atoms with E-state index in [1.807, 2.05) is 6.92 Å². The van der Waals surface area contributed by atoms with Crippen molar-refractivity contribution in [3.8, 4) is 11.4 Å². The van der Waals surface area contributed by atoms with Crippen molar-refractivity contribution in [3.05, 3.63) is 47.8 Å². The third kappa shape index (κ3) is 5.19. The van der Waals surface area contributed by atoms with Crippen LogP contribution in [-0.4, -0.2) is 65.3 Å². The van der Waals surface area contributed by atoms with Gasteiger partial charge in [-0.3, -0.25) is 4.79 Å². The SMILES string of the molecule is CNC1(C)CS(=O)(=O)C1.O=Cc1cnc2c(c1)c(C1(O)CCC1)nn2-c1cccc(OC(F)F)c1. The molecule has 0 bridgehead atoms. The predicted molar refractivity (Wildman–Crippen MR) is 125 cm³/mol. The van der Waals surface area contributed by atoms with E-state index in [2.05, 4.69) is 20.1 Å². The number of fused-ring (bicyclic) bond motifs is 1. The Bertz CT molecular complexity index is 1340. The average Bonchev–Trinajstić information content (AvgIpc) is 3.15. The van der Waals surface area contributed by atoms with E-state index in [9.17, 15) is 27.1 Å². The van der Waals surface area contributed by atoms with Gasteiger partial charge in [-0.05, 0) is 51.4 Å². The Hall–Kier alpha value is -2.96. The van der Waals surface area contributed by atoms with Crippen LogP contribution in [0.5, 0.6) is 5.75 Å². The number of aldehydes is 1. The second-order valence-corrected chi connectivity index (χ2v) is 11.2. The molecule has 9 nitrogen and oxygen atoms in total. The summed E-state index contributed by atoms with van der Waals surface area (Å²) in [6.07, 6.45) is 4.10. The van der Waals surface area contributed by atoms with Crippen molar-refractivity contribution in [1.29, 1.82) is 0 Å². The number of rotatable bonds is 6. The number of alkyl halides is 2. The molecule has 1 saturated carbocycles. The van der Waals surface area contributed by atoms with Crippen LogP contribution in [0, 0.1) is 0 Å².